The van der Waals surface area contributed by atoms with Gasteiger partial charge in [0.1, 0.15) is 0 Å². The number of thiol groups is 1. The molecule has 0 aliphatic carbocycles. The minimum absolute atomic E-state index is 0.0563. The van der Waals surface area contributed by atoms with E-state index in [1.807, 2.05) is 25.3 Å². The number of rotatable bonds is 3. The molecule has 0 aliphatic rings. The highest BCUT2D eigenvalue weighted by Gasteiger charge is 2.16. The van der Waals surface area contributed by atoms with Crippen molar-refractivity contribution >= 4 is 12.6 Å². The van der Waals surface area contributed by atoms with Crippen LogP contribution in [0, 0.1) is 12.3 Å². The standard InChI is InChI=1S/C11H17NOS/c1-9-5-4-6-12(10(9)13)7-11(2,3)8-14/h4-6,14H,7-8H2,1-3H3. The Hall–Kier alpha value is -0.700. The Kier molecular flexibility index (Phi) is 3.43. The highest BCUT2D eigenvalue weighted by molar-refractivity contribution is 7.80. The lowest BCUT2D eigenvalue weighted by atomic mass is 9.96. The van der Waals surface area contributed by atoms with Crippen LogP contribution in [0.3, 0.4) is 0 Å². The van der Waals surface area contributed by atoms with Crippen LogP contribution in [-0.4, -0.2) is 10.3 Å². The van der Waals surface area contributed by atoms with Crippen molar-refractivity contribution in [2.45, 2.75) is 27.3 Å². The van der Waals surface area contributed by atoms with Crippen molar-refractivity contribution in [3.63, 3.8) is 0 Å². The number of nitrogens with zero attached hydrogens (tertiary/aromatic N) is 1. The van der Waals surface area contributed by atoms with E-state index in [-0.39, 0.29) is 11.0 Å². The third-order valence-electron chi connectivity index (χ3n) is 2.24. The SMILES string of the molecule is Cc1cccn(CC(C)(C)CS)c1=O. The molecule has 3 heteroatoms. The molecular formula is C11H17NOS. The Morgan fingerprint density at radius 2 is 2.14 bits per heavy atom. The van der Waals surface area contributed by atoms with Gasteiger partial charge >= 0.3 is 0 Å². The Bertz CT molecular complexity index is 368. The van der Waals surface area contributed by atoms with Crippen molar-refractivity contribution in [2.75, 3.05) is 5.75 Å². The fourth-order valence-corrected chi connectivity index (χ4v) is 1.39. The summed E-state index contributed by atoms with van der Waals surface area (Å²) in [6.45, 7) is 6.77. The summed E-state index contributed by atoms with van der Waals surface area (Å²) >= 11 is 4.28. The Morgan fingerprint density at radius 3 is 2.71 bits per heavy atom. The van der Waals surface area contributed by atoms with Crippen LogP contribution in [0.1, 0.15) is 19.4 Å². The number of aromatic nitrogens is 1. The summed E-state index contributed by atoms with van der Waals surface area (Å²) in [7, 11) is 0. The second-order valence-corrected chi connectivity index (χ2v) is 4.76. The minimum Gasteiger partial charge on any atom is -0.315 e. The smallest absolute Gasteiger partial charge is 0.253 e. The van der Waals surface area contributed by atoms with Gasteiger partial charge in [0.15, 0.2) is 0 Å². The van der Waals surface area contributed by atoms with E-state index in [0.717, 1.165) is 17.9 Å². The predicted octanol–water partition coefficient (Wildman–Crippen LogP) is 2.11. The van der Waals surface area contributed by atoms with Crippen LogP contribution < -0.4 is 5.56 Å². The van der Waals surface area contributed by atoms with Gasteiger partial charge in [-0.2, -0.15) is 12.6 Å². The van der Waals surface area contributed by atoms with Crippen LogP contribution in [0.5, 0.6) is 0 Å². The van der Waals surface area contributed by atoms with E-state index in [9.17, 15) is 4.79 Å². The normalized spacial score (nSPS) is 11.7. The Labute approximate surface area is 90.4 Å². The molecule has 0 atom stereocenters. The number of hydrogen-bond donors (Lipinski definition) is 1. The topological polar surface area (TPSA) is 22.0 Å². The summed E-state index contributed by atoms with van der Waals surface area (Å²) in [5, 5.41) is 0. The molecule has 1 rings (SSSR count). The molecule has 1 aromatic rings. The van der Waals surface area contributed by atoms with Gasteiger partial charge in [0.25, 0.3) is 5.56 Å². The first-order valence-electron chi connectivity index (χ1n) is 4.73. The third-order valence-corrected chi connectivity index (χ3v) is 3.09. The molecular weight excluding hydrogens is 194 g/mol. The highest BCUT2D eigenvalue weighted by Crippen LogP contribution is 2.18. The first-order valence-corrected chi connectivity index (χ1v) is 5.36. The van der Waals surface area contributed by atoms with Crippen LogP contribution in [0.2, 0.25) is 0 Å². The second kappa shape index (κ2) is 4.22. The fourth-order valence-electron chi connectivity index (χ4n) is 1.29. The molecule has 0 radical (unpaired) electrons. The Morgan fingerprint density at radius 1 is 1.50 bits per heavy atom. The average Bonchev–Trinajstić information content (AvgIpc) is 2.13. The van der Waals surface area contributed by atoms with E-state index >= 15 is 0 Å². The molecule has 1 heterocycles. The van der Waals surface area contributed by atoms with E-state index in [1.165, 1.54) is 0 Å². The summed E-state index contributed by atoms with van der Waals surface area (Å²) < 4.78 is 1.76. The molecule has 0 saturated carbocycles. The fraction of sp³-hybridized carbons (Fsp3) is 0.545. The van der Waals surface area contributed by atoms with Crippen LogP contribution in [-0.2, 0) is 6.54 Å². The number of pyridine rings is 1. The van der Waals surface area contributed by atoms with Gasteiger partial charge in [-0.3, -0.25) is 4.79 Å². The van der Waals surface area contributed by atoms with E-state index in [0.29, 0.717) is 0 Å². The zero-order chi connectivity index (χ0) is 10.8. The number of hydrogen-bond acceptors (Lipinski definition) is 2. The molecule has 0 bridgehead atoms. The van der Waals surface area contributed by atoms with E-state index < -0.39 is 0 Å². The van der Waals surface area contributed by atoms with Crippen LogP contribution in [0.15, 0.2) is 23.1 Å². The molecule has 14 heavy (non-hydrogen) atoms. The lowest BCUT2D eigenvalue weighted by Gasteiger charge is -2.23. The van der Waals surface area contributed by atoms with Gasteiger partial charge in [0.2, 0.25) is 0 Å². The molecule has 0 amide bonds. The molecule has 0 saturated heterocycles. The maximum atomic E-state index is 11.7. The molecule has 1 aromatic heterocycles. The molecule has 0 N–H and O–H groups in total. The van der Waals surface area contributed by atoms with Crippen molar-refractivity contribution in [1.82, 2.24) is 4.57 Å². The maximum Gasteiger partial charge on any atom is 0.253 e. The van der Waals surface area contributed by atoms with Crippen molar-refractivity contribution in [3.05, 3.63) is 34.2 Å². The molecule has 0 unspecified atom stereocenters. The van der Waals surface area contributed by atoms with E-state index in [4.69, 9.17) is 0 Å². The third kappa shape index (κ3) is 2.64. The van der Waals surface area contributed by atoms with Crippen molar-refractivity contribution in [1.29, 1.82) is 0 Å². The minimum atomic E-state index is 0.0563. The van der Waals surface area contributed by atoms with Crippen molar-refractivity contribution in [2.24, 2.45) is 5.41 Å². The molecule has 0 aliphatic heterocycles. The molecule has 78 valence electrons. The largest absolute Gasteiger partial charge is 0.315 e. The van der Waals surface area contributed by atoms with Crippen molar-refractivity contribution in [3.8, 4) is 0 Å². The lowest BCUT2D eigenvalue weighted by molar-refractivity contribution is 0.347. The zero-order valence-electron chi connectivity index (χ0n) is 8.95. The second-order valence-electron chi connectivity index (χ2n) is 4.45. The van der Waals surface area contributed by atoms with E-state index in [2.05, 4.69) is 26.5 Å². The number of aryl methyl sites for hydroxylation is 1. The summed E-state index contributed by atoms with van der Waals surface area (Å²) in [4.78, 5) is 11.7. The van der Waals surface area contributed by atoms with Gasteiger partial charge in [0, 0.05) is 18.3 Å². The summed E-state index contributed by atoms with van der Waals surface area (Å²) in [5.74, 6) is 0.771. The van der Waals surface area contributed by atoms with Gasteiger partial charge in [-0.15, -0.1) is 0 Å². The molecule has 0 spiro atoms. The summed E-state index contributed by atoms with van der Waals surface area (Å²) in [6, 6.07) is 3.75. The van der Waals surface area contributed by atoms with Gasteiger partial charge in [-0.25, -0.2) is 0 Å². The quantitative estimate of drug-likeness (QED) is 0.760. The lowest BCUT2D eigenvalue weighted by Crippen LogP contribution is -2.30. The molecule has 2 nitrogen and oxygen atoms in total. The highest BCUT2D eigenvalue weighted by atomic mass is 32.1. The zero-order valence-corrected chi connectivity index (χ0v) is 9.84. The van der Waals surface area contributed by atoms with Crippen molar-refractivity contribution < 1.29 is 0 Å². The van der Waals surface area contributed by atoms with Gasteiger partial charge in [-0.05, 0) is 24.2 Å². The molecule has 0 aromatic carbocycles. The van der Waals surface area contributed by atoms with Crippen LogP contribution in [0.25, 0.3) is 0 Å². The van der Waals surface area contributed by atoms with Gasteiger partial charge in [0.05, 0.1) is 0 Å². The van der Waals surface area contributed by atoms with Gasteiger partial charge < -0.3 is 4.57 Å². The van der Waals surface area contributed by atoms with E-state index in [1.54, 1.807) is 4.57 Å². The van der Waals surface area contributed by atoms with Crippen LogP contribution >= 0.6 is 12.6 Å². The first-order chi connectivity index (χ1) is 6.46. The monoisotopic (exact) mass is 211 g/mol. The maximum absolute atomic E-state index is 11.7. The van der Waals surface area contributed by atoms with Crippen LogP contribution in [0.4, 0.5) is 0 Å². The first kappa shape index (κ1) is 11.4. The summed E-state index contributed by atoms with van der Waals surface area (Å²) in [5.41, 5.74) is 0.950. The summed E-state index contributed by atoms with van der Waals surface area (Å²) in [6.07, 6.45) is 1.83. The molecule has 0 fully saturated rings. The average molecular weight is 211 g/mol. The predicted molar refractivity (Wildman–Crippen MR) is 63.1 cm³/mol. The Balaban J connectivity index is 2.99. The van der Waals surface area contributed by atoms with Gasteiger partial charge in [-0.1, -0.05) is 19.9 Å².